The Morgan fingerprint density at radius 2 is 1.88 bits per heavy atom. The fourth-order valence-corrected chi connectivity index (χ4v) is 3.25. The van der Waals surface area contributed by atoms with Crippen molar-refractivity contribution >= 4 is 40.6 Å². The van der Waals surface area contributed by atoms with Crippen LogP contribution in [0.4, 0.5) is 10.5 Å². The minimum Gasteiger partial charge on any atom is -0.325 e. The van der Waals surface area contributed by atoms with Crippen molar-refractivity contribution < 1.29 is 14.4 Å². The molecule has 3 rings (SSSR count). The van der Waals surface area contributed by atoms with Crippen LogP contribution in [0, 0.1) is 13.8 Å². The molecule has 1 aliphatic heterocycles. The quantitative estimate of drug-likeness (QED) is 0.838. The van der Waals surface area contributed by atoms with Crippen molar-refractivity contribution in [2.24, 2.45) is 0 Å². The zero-order valence-electron chi connectivity index (χ0n) is 14.4. The van der Waals surface area contributed by atoms with E-state index >= 15 is 0 Å². The van der Waals surface area contributed by atoms with Gasteiger partial charge in [0.2, 0.25) is 5.91 Å². The number of hydrogen-bond donors (Lipinski definition) is 1. The fourth-order valence-electron chi connectivity index (χ4n) is 2.41. The van der Waals surface area contributed by atoms with E-state index in [0.29, 0.717) is 10.6 Å². The lowest BCUT2D eigenvalue weighted by Crippen LogP contribution is -2.36. The van der Waals surface area contributed by atoms with Crippen molar-refractivity contribution in [3.8, 4) is 0 Å². The first-order valence-electron chi connectivity index (χ1n) is 7.96. The van der Waals surface area contributed by atoms with E-state index < -0.39 is 17.1 Å². The largest absolute Gasteiger partial charge is 0.325 e. The van der Waals surface area contributed by atoms with Gasteiger partial charge in [-0.1, -0.05) is 6.07 Å². The Morgan fingerprint density at radius 3 is 2.58 bits per heavy atom. The van der Waals surface area contributed by atoms with Gasteiger partial charge in [0, 0.05) is 18.1 Å². The molecule has 132 valence electrons. The molecule has 3 amide bonds. The number of carbonyl (C=O) groups is 3. The molecule has 1 aromatic carbocycles. The van der Waals surface area contributed by atoms with Crippen LogP contribution in [-0.4, -0.2) is 33.5 Å². The number of amides is 3. The number of rotatable bonds is 4. The normalized spacial score (nSPS) is 15.6. The third-order valence-electron chi connectivity index (χ3n) is 3.97. The molecular weight excluding hydrogens is 350 g/mol. The Bertz CT molecular complexity index is 910. The van der Waals surface area contributed by atoms with Gasteiger partial charge in [0.15, 0.2) is 0 Å². The molecule has 2 heterocycles. The topological polar surface area (TPSA) is 79.4 Å². The predicted octanol–water partition coefficient (Wildman–Crippen LogP) is 3.37. The molecule has 0 atom stereocenters. The van der Waals surface area contributed by atoms with E-state index in [-0.39, 0.29) is 6.54 Å². The molecule has 26 heavy (non-hydrogen) atoms. The first kappa shape index (κ1) is 17.9. The van der Waals surface area contributed by atoms with E-state index in [9.17, 15) is 14.4 Å². The minimum absolute atomic E-state index is 0.292. The molecule has 6 nitrogen and oxygen atoms in total. The van der Waals surface area contributed by atoms with Crippen LogP contribution < -0.4 is 5.32 Å². The number of benzene rings is 1. The van der Waals surface area contributed by atoms with Crippen molar-refractivity contribution in [3.05, 3.63) is 64.3 Å². The molecule has 7 heteroatoms. The zero-order valence-corrected chi connectivity index (χ0v) is 15.2. The number of nitrogens with one attached hydrogen (secondary N) is 1. The van der Waals surface area contributed by atoms with Gasteiger partial charge >= 0.3 is 0 Å². The van der Waals surface area contributed by atoms with Crippen molar-refractivity contribution in [1.82, 2.24) is 9.88 Å². The highest BCUT2D eigenvalue weighted by Crippen LogP contribution is 2.32. The van der Waals surface area contributed by atoms with E-state index in [1.54, 1.807) is 36.7 Å². The van der Waals surface area contributed by atoms with Gasteiger partial charge in [0.05, 0.1) is 4.91 Å². The maximum Gasteiger partial charge on any atom is 0.294 e. The van der Waals surface area contributed by atoms with Crippen LogP contribution in [0.15, 0.2) is 47.6 Å². The first-order chi connectivity index (χ1) is 12.4. The minimum atomic E-state index is -0.466. The summed E-state index contributed by atoms with van der Waals surface area (Å²) in [5.74, 6) is -0.882. The van der Waals surface area contributed by atoms with Crippen LogP contribution in [0.2, 0.25) is 0 Å². The van der Waals surface area contributed by atoms with Crippen LogP contribution >= 0.6 is 11.8 Å². The number of carbonyl (C=O) groups excluding carboxylic acids is 3. The van der Waals surface area contributed by atoms with Crippen molar-refractivity contribution in [2.45, 2.75) is 13.8 Å². The van der Waals surface area contributed by atoms with Crippen LogP contribution in [0.5, 0.6) is 0 Å². The molecule has 0 bridgehead atoms. The molecule has 0 spiro atoms. The molecule has 1 aliphatic rings. The second-order valence-electron chi connectivity index (χ2n) is 5.90. The van der Waals surface area contributed by atoms with Crippen LogP contribution in [0.1, 0.15) is 16.7 Å². The van der Waals surface area contributed by atoms with E-state index in [0.717, 1.165) is 33.4 Å². The number of hydrogen-bond acceptors (Lipinski definition) is 5. The molecule has 1 aromatic heterocycles. The lowest BCUT2D eigenvalue weighted by atomic mass is 10.1. The number of nitrogens with zero attached hydrogens (tertiary/aromatic N) is 2. The molecule has 0 unspecified atom stereocenters. The Balaban J connectivity index is 1.68. The second-order valence-corrected chi connectivity index (χ2v) is 6.89. The highest BCUT2D eigenvalue weighted by atomic mass is 32.2. The number of anilines is 1. The van der Waals surface area contributed by atoms with Crippen LogP contribution in [0.3, 0.4) is 0 Å². The fraction of sp³-hybridized carbons (Fsp3) is 0.158. The van der Waals surface area contributed by atoms with Crippen LogP contribution in [-0.2, 0) is 9.59 Å². The van der Waals surface area contributed by atoms with E-state index in [2.05, 4.69) is 10.3 Å². The van der Waals surface area contributed by atoms with Gasteiger partial charge in [-0.25, -0.2) is 0 Å². The summed E-state index contributed by atoms with van der Waals surface area (Å²) in [6, 6.07) is 9.02. The third-order valence-corrected chi connectivity index (χ3v) is 4.88. The molecule has 1 saturated heterocycles. The monoisotopic (exact) mass is 367 g/mol. The Morgan fingerprint density at radius 1 is 1.15 bits per heavy atom. The summed E-state index contributed by atoms with van der Waals surface area (Å²) >= 11 is 0.827. The standard InChI is InChI=1S/C19H17N3O3S/c1-12-3-4-15(9-13(12)2)21-17(23)11-22-18(24)16(26-19(22)25)10-14-5-7-20-8-6-14/h3-10H,11H2,1-2H3,(H,21,23)/b16-10+. The Labute approximate surface area is 155 Å². The van der Waals surface area contributed by atoms with Gasteiger partial charge in [0.25, 0.3) is 11.1 Å². The average Bonchev–Trinajstić information content (AvgIpc) is 2.86. The third kappa shape index (κ3) is 4.00. The highest BCUT2D eigenvalue weighted by Gasteiger charge is 2.36. The molecule has 0 radical (unpaired) electrons. The highest BCUT2D eigenvalue weighted by molar-refractivity contribution is 8.18. The van der Waals surface area contributed by atoms with E-state index in [4.69, 9.17) is 0 Å². The first-order valence-corrected chi connectivity index (χ1v) is 8.78. The van der Waals surface area contributed by atoms with Gasteiger partial charge in [-0.05, 0) is 72.6 Å². The summed E-state index contributed by atoms with van der Waals surface area (Å²) in [4.78, 5) is 41.9. The summed E-state index contributed by atoms with van der Waals surface area (Å²) in [6.45, 7) is 3.62. The van der Waals surface area contributed by atoms with Gasteiger partial charge in [-0.3, -0.25) is 24.3 Å². The van der Waals surface area contributed by atoms with Gasteiger partial charge < -0.3 is 5.32 Å². The molecule has 0 aliphatic carbocycles. The van der Waals surface area contributed by atoms with Gasteiger partial charge in [0.1, 0.15) is 6.54 Å². The Kier molecular flexibility index (Phi) is 5.18. The second kappa shape index (κ2) is 7.53. The van der Waals surface area contributed by atoms with Crippen molar-refractivity contribution in [3.63, 3.8) is 0 Å². The lowest BCUT2D eigenvalue weighted by Gasteiger charge is -2.13. The molecule has 1 N–H and O–H groups in total. The number of aryl methyl sites for hydroxylation is 2. The van der Waals surface area contributed by atoms with E-state index in [1.807, 2.05) is 26.0 Å². The number of aromatic nitrogens is 1. The Hall–Kier alpha value is -2.93. The van der Waals surface area contributed by atoms with Crippen molar-refractivity contribution in [2.75, 3.05) is 11.9 Å². The maximum absolute atomic E-state index is 12.4. The maximum atomic E-state index is 12.4. The summed E-state index contributed by atoms with van der Waals surface area (Å²) in [5.41, 5.74) is 3.58. The molecule has 0 saturated carbocycles. The summed E-state index contributed by atoms with van der Waals surface area (Å²) < 4.78 is 0. The molecule has 2 aromatic rings. The average molecular weight is 367 g/mol. The van der Waals surface area contributed by atoms with E-state index in [1.165, 1.54) is 0 Å². The predicted molar refractivity (Wildman–Crippen MR) is 101 cm³/mol. The number of pyridine rings is 1. The summed E-state index contributed by atoms with van der Waals surface area (Å²) in [6.07, 6.45) is 4.83. The molecular formula is C19H17N3O3S. The van der Waals surface area contributed by atoms with Gasteiger partial charge in [-0.15, -0.1) is 0 Å². The zero-order chi connectivity index (χ0) is 18.7. The van der Waals surface area contributed by atoms with Crippen LogP contribution in [0.25, 0.3) is 6.08 Å². The lowest BCUT2D eigenvalue weighted by molar-refractivity contribution is -0.127. The number of thioether (sulfide) groups is 1. The smallest absolute Gasteiger partial charge is 0.294 e. The molecule has 1 fully saturated rings. The number of imide groups is 1. The SMILES string of the molecule is Cc1ccc(NC(=O)CN2C(=O)S/C(=C/c3ccncc3)C2=O)cc1C. The van der Waals surface area contributed by atoms with Crippen molar-refractivity contribution in [1.29, 1.82) is 0 Å². The summed E-state index contributed by atoms with van der Waals surface area (Å²) in [7, 11) is 0. The van der Waals surface area contributed by atoms with Gasteiger partial charge in [-0.2, -0.15) is 0 Å². The summed E-state index contributed by atoms with van der Waals surface area (Å²) in [5, 5.41) is 2.27.